The lowest BCUT2D eigenvalue weighted by Crippen LogP contribution is -2.48. The van der Waals surface area contributed by atoms with Gasteiger partial charge in [0.15, 0.2) is 0 Å². The number of aryl methyl sites for hydroxylation is 2. The third kappa shape index (κ3) is 4.54. The van der Waals surface area contributed by atoms with Crippen molar-refractivity contribution in [3.63, 3.8) is 0 Å². The lowest BCUT2D eigenvalue weighted by atomic mass is 10.2. The number of nitrogens with zero attached hydrogens (tertiary/aromatic N) is 4. The van der Waals surface area contributed by atoms with Gasteiger partial charge in [0, 0.05) is 58.1 Å². The van der Waals surface area contributed by atoms with Gasteiger partial charge in [0.05, 0.1) is 12.2 Å². The molecule has 1 saturated heterocycles. The molecule has 0 aromatic carbocycles. The van der Waals surface area contributed by atoms with Crippen molar-refractivity contribution in [2.45, 2.75) is 33.4 Å². The maximum absolute atomic E-state index is 11.4. The summed E-state index contributed by atoms with van der Waals surface area (Å²) in [6, 6.07) is 0. The molecule has 1 N–H and O–H groups in total. The lowest BCUT2D eigenvalue weighted by Gasteiger charge is -2.34. The van der Waals surface area contributed by atoms with E-state index in [1.54, 1.807) is 7.05 Å². The molecule has 6 nitrogen and oxygen atoms in total. The van der Waals surface area contributed by atoms with Gasteiger partial charge in [-0.1, -0.05) is 6.92 Å². The molecule has 1 amide bonds. The smallest absolute Gasteiger partial charge is 0.233 e. The van der Waals surface area contributed by atoms with Crippen LogP contribution >= 0.6 is 0 Å². The van der Waals surface area contributed by atoms with E-state index >= 15 is 0 Å². The highest BCUT2D eigenvalue weighted by Gasteiger charge is 2.19. The van der Waals surface area contributed by atoms with Gasteiger partial charge >= 0.3 is 0 Å². The molecule has 0 spiro atoms. The minimum Gasteiger partial charge on any atom is -0.358 e. The third-order valence-corrected chi connectivity index (χ3v) is 4.01. The standard InChI is InChI=1S/C15H27N5O/c1-4-5-20-11-14(13(2)17-20)10-18-6-8-19(9-7-18)12-15(21)16-3/h11H,4-10,12H2,1-3H3,(H,16,21). The third-order valence-electron chi connectivity index (χ3n) is 4.01. The molecule has 21 heavy (non-hydrogen) atoms. The van der Waals surface area contributed by atoms with Crippen LogP contribution in [0.15, 0.2) is 6.20 Å². The summed E-state index contributed by atoms with van der Waals surface area (Å²) in [5.74, 6) is 0.0973. The second-order valence-electron chi connectivity index (χ2n) is 5.73. The van der Waals surface area contributed by atoms with E-state index in [2.05, 4.69) is 40.3 Å². The summed E-state index contributed by atoms with van der Waals surface area (Å²) in [5.41, 5.74) is 2.46. The van der Waals surface area contributed by atoms with Crippen LogP contribution in [0, 0.1) is 6.92 Å². The van der Waals surface area contributed by atoms with Crippen molar-refractivity contribution in [3.8, 4) is 0 Å². The fourth-order valence-corrected chi connectivity index (χ4v) is 2.69. The van der Waals surface area contributed by atoms with E-state index in [9.17, 15) is 4.79 Å². The molecule has 0 aliphatic carbocycles. The van der Waals surface area contributed by atoms with Crippen LogP contribution in [0.25, 0.3) is 0 Å². The minimum atomic E-state index is 0.0973. The Labute approximate surface area is 127 Å². The molecule has 1 aliphatic rings. The van der Waals surface area contributed by atoms with Crippen molar-refractivity contribution in [2.24, 2.45) is 0 Å². The van der Waals surface area contributed by atoms with Crippen molar-refractivity contribution in [3.05, 3.63) is 17.5 Å². The summed E-state index contributed by atoms with van der Waals surface area (Å²) in [6.07, 6.45) is 3.29. The van der Waals surface area contributed by atoms with Gasteiger partial charge in [0.2, 0.25) is 5.91 Å². The summed E-state index contributed by atoms with van der Waals surface area (Å²) in [6.45, 7) is 10.6. The normalized spacial score (nSPS) is 17.1. The van der Waals surface area contributed by atoms with E-state index in [-0.39, 0.29) is 5.91 Å². The first-order chi connectivity index (χ1) is 10.1. The predicted molar refractivity (Wildman–Crippen MR) is 83.0 cm³/mol. The highest BCUT2D eigenvalue weighted by Crippen LogP contribution is 2.12. The van der Waals surface area contributed by atoms with Crippen LogP contribution in [0.4, 0.5) is 0 Å². The molecule has 0 atom stereocenters. The number of carbonyl (C=O) groups excluding carboxylic acids is 1. The Morgan fingerprint density at radius 3 is 2.57 bits per heavy atom. The molecule has 118 valence electrons. The molecule has 0 bridgehead atoms. The van der Waals surface area contributed by atoms with E-state index in [1.807, 2.05) is 4.68 Å². The summed E-state index contributed by atoms with van der Waals surface area (Å²) in [5, 5.41) is 7.24. The molecule has 0 unspecified atom stereocenters. The van der Waals surface area contributed by atoms with Crippen LogP contribution in [0.5, 0.6) is 0 Å². The number of aromatic nitrogens is 2. The summed E-state index contributed by atoms with van der Waals surface area (Å²) < 4.78 is 2.05. The molecule has 2 rings (SSSR count). The average molecular weight is 293 g/mol. The minimum absolute atomic E-state index is 0.0973. The van der Waals surface area contributed by atoms with E-state index in [1.165, 1.54) is 5.56 Å². The monoisotopic (exact) mass is 293 g/mol. The van der Waals surface area contributed by atoms with Crippen LogP contribution in [0.3, 0.4) is 0 Å². The molecule has 0 saturated carbocycles. The van der Waals surface area contributed by atoms with Gasteiger partial charge in [-0.25, -0.2) is 0 Å². The molecule has 1 aliphatic heterocycles. The zero-order chi connectivity index (χ0) is 15.2. The zero-order valence-electron chi connectivity index (χ0n) is 13.4. The van der Waals surface area contributed by atoms with Crippen LogP contribution in [-0.4, -0.2) is 65.3 Å². The van der Waals surface area contributed by atoms with Gasteiger partial charge in [0.1, 0.15) is 0 Å². The second kappa shape index (κ2) is 7.56. The Bertz CT molecular complexity index is 463. The number of rotatable bonds is 6. The fourth-order valence-electron chi connectivity index (χ4n) is 2.69. The Balaban J connectivity index is 1.82. The van der Waals surface area contributed by atoms with Crippen molar-refractivity contribution in [1.29, 1.82) is 0 Å². The fraction of sp³-hybridized carbons (Fsp3) is 0.733. The molecule has 2 heterocycles. The number of nitrogens with one attached hydrogen (secondary N) is 1. The SMILES string of the molecule is CCCn1cc(CN2CCN(CC(=O)NC)CC2)c(C)n1. The Hall–Kier alpha value is -1.40. The average Bonchev–Trinajstić information content (AvgIpc) is 2.81. The number of likely N-dealkylation sites (N-methyl/N-ethyl adjacent to an activating group) is 1. The van der Waals surface area contributed by atoms with Gasteiger partial charge in [-0.15, -0.1) is 0 Å². The Morgan fingerprint density at radius 1 is 1.29 bits per heavy atom. The number of carbonyl (C=O) groups is 1. The maximum atomic E-state index is 11.4. The number of amides is 1. The number of hydrogen-bond donors (Lipinski definition) is 1. The highest BCUT2D eigenvalue weighted by atomic mass is 16.1. The van der Waals surface area contributed by atoms with E-state index < -0.39 is 0 Å². The molecular weight excluding hydrogens is 266 g/mol. The Kier molecular flexibility index (Phi) is 5.76. The summed E-state index contributed by atoms with van der Waals surface area (Å²) in [4.78, 5) is 16.0. The highest BCUT2D eigenvalue weighted by molar-refractivity contribution is 5.77. The molecule has 0 radical (unpaired) electrons. The van der Waals surface area contributed by atoms with Crippen LogP contribution in [0.1, 0.15) is 24.6 Å². The van der Waals surface area contributed by atoms with Gasteiger partial charge < -0.3 is 5.32 Å². The summed E-state index contributed by atoms with van der Waals surface area (Å²) >= 11 is 0. The van der Waals surface area contributed by atoms with Gasteiger partial charge in [-0.2, -0.15) is 5.10 Å². The van der Waals surface area contributed by atoms with Crippen molar-refractivity contribution in [2.75, 3.05) is 39.8 Å². The molecule has 1 fully saturated rings. The predicted octanol–water partition coefficient (Wildman–Crippen LogP) is 0.465. The van der Waals surface area contributed by atoms with Crippen molar-refractivity contribution in [1.82, 2.24) is 24.9 Å². The number of hydrogen-bond acceptors (Lipinski definition) is 4. The van der Waals surface area contributed by atoms with Gasteiger partial charge in [-0.05, 0) is 13.3 Å². The van der Waals surface area contributed by atoms with Crippen molar-refractivity contribution >= 4 is 5.91 Å². The zero-order valence-corrected chi connectivity index (χ0v) is 13.4. The molecule has 6 heteroatoms. The first kappa shape index (κ1) is 16.0. The summed E-state index contributed by atoms with van der Waals surface area (Å²) in [7, 11) is 1.69. The Morgan fingerprint density at radius 2 is 1.95 bits per heavy atom. The van der Waals surface area contributed by atoms with E-state index in [4.69, 9.17) is 0 Å². The maximum Gasteiger partial charge on any atom is 0.233 e. The first-order valence-electron chi connectivity index (χ1n) is 7.80. The first-order valence-corrected chi connectivity index (χ1v) is 7.80. The van der Waals surface area contributed by atoms with Crippen LogP contribution in [0.2, 0.25) is 0 Å². The molecular formula is C15H27N5O. The van der Waals surface area contributed by atoms with Crippen LogP contribution in [-0.2, 0) is 17.9 Å². The number of piperazine rings is 1. The lowest BCUT2D eigenvalue weighted by molar-refractivity contribution is -0.122. The molecule has 1 aromatic heterocycles. The molecule has 1 aromatic rings. The van der Waals surface area contributed by atoms with Gasteiger partial charge in [0.25, 0.3) is 0 Å². The van der Waals surface area contributed by atoms with Crippen molar-refractivity contribution < 1.29 is 4.79 Å². The largest absolute Gasteiger partial charge is 0.358 e. The quantitative estimate of drug-likeness (QED) is 0.828. The topological polar surface area (TPSA) is 53.4 Å². The van der Waals surface area contributed by atoms with Crippen LogP contribution < -0.4 is 5.32 Å². The van der Waals surface area contributed by atoms with Gasteiger partial charge in [-0.3, -0.25) is 19.3 Å². The second-order valence-corrected chi connectivity index (χ2v) is 5.73. The van der Waals surface area contributed by atoms with E-state index in [0.29, 0.717) is 6.54 Å². The van der Waals surface area contributed by atoms with E-state index in [0.717, 1.165) is 51.4 Å².